The molecule has 0 saturated carbocycles. The number of pyridine rings is 1. The quantitative estimate of drug-likeness (QED) is 0.664. The van der Waals surface area contributed by atoms with Crippen molar-refractivity contribution in [2.24, 2.45) is 0 Å². The van der Waals surface area contributed by atoms with Crippen molar-refractivity contribution < 1.29 is 4.74 Å². The molecule has 0 spiro atoms. The Morgan fingerprint density at radius 3 is 2.67 bits per heavy atom. The smallest absolute Gasteiger partial charge is 0.138 e. The van der Waals surface area contributed by atoms with Gasteiger partial charge in [-0.05, 0) is 48.7 Å². The summed E-state index contributed by atoms with van der Waals surface area (Å²) in [7, 11) is 0. The molecule has 94 valence electrons. The molecule has 1 heterocycles. The van der Waals surface area contributed by atoms with Crippen LogP contribution in [0.4, 0.5) is 5.69 Å². The molecule has 0 aliphatic carbocycles. The number of halogens is 1. The standard InChI is InChI=1S/C14H15ClN2O/c15-13-10-12(16)3-4-14(13)18-9-1-2-11-5-7-17-8-6-11/h3-8,10H,1-2,9,16H2. The van der Waals surface area contributed by atoms with Crippen molar-refractivity contribution in [1.82, 2.24) is 4.98 Å². The van der Waals surface area contributed by atoms with Gasteiger partial charge in [-0.1, -0.05) is 11.6 Å². The second kappa shape index (κ2) is 6.26. The molecule has 3 nitrogen and oxygen atoms in total. The second-order valence-corrected chi connectivity index (χ2v) is 4.40. The molecular formula is C14H15ClN2O. The minimum Gasteiger partial charge on any atom is -0.492 e. The lowest BCUT2D eigenvalue weighted by atomic mass is 10.1. The Morgan fingerprint density at radius 2 is 1.94 bits per heavy atom. The van der Waals surface area contributed by atoms with Crippen molar-refractivity contribution in [2.75, 3.05) is 12.3 Å². The van der Waals surface area contributed by atoms with Gasteiger partial charge in [0.2, 0.25) is 0 Å². The Kier molecular flexibility index (Phi) is 4.42. The number of aryl methyl sites for hydroxylation is 1. The fourth-order valence-electron chi connectivity index (χ4n) is 1.64. The molecule has 1 aromatic heterocycles. The van der Waals surface area contributed by atoms with Crippen LogP contribution in [0.5, 0.6) is 5.75 Å². The molecule has 0 radical (unpaired) electrons. The number of nitrogen functional groups attached to an aromatic ring is 1. The average Bonchev–Trinajstić information content (AvgIpc) is 2.38. The molecule has 2 N–H and O–H groups in total. The minimum absolute atomic E-state index is 0.555. The largest absolute Gasteiger partial charge is 0.492 e. The number of anilines is 1. The van der Waals surface area contributed by atoms with Crippen molar-refractivity contribution >= 4 is 17.3 Å². The summed E-state index contributed by atoms with van der Waals surface area (Å²) >= 11 is 6.01. The molecule has 0 fully saturated rings. The molecule has 2 rings (SSSR count). The third-order valence-electron chi connectivity index (χ3n) is 2.57. The molecule has 2 aromatic rings. The fraction of sp³-hybridized carbons (Fsp3) is 0.214. The van der Waals surface area contributed by atoms with Gasteiger partial charge in [0.25, 0.3) is 0 Å². The summed E-state index contributed by atoms with van der Waals surface area (Å²) in [5, 5.41) is 0.555. The van der Waals surface area contributed by atoms with Crippen LogP contribution in [0.1, 0.15) is 12.0 Å². The summed E-state index contributed by atoms with van der Waals surface area (Å²) in [6.45, 7) is 0.631. The van der Waals surface area contributed by atoms with Gasteiger partial charge in [0, 0.05) is 18.1 Å². The molecule has 0 amide bonds. The number of nitrogens with two attached hydrogens (primary N) is 1. The number of hydrogen-bond acceptors (Lipinski definition) is 3. The Morgan fingerprint density at radius 1 is 1.17 bits per heavy atom. The zero-order chi connectivity index (χ0) is 12.8. The van der Waals surface area contributed by atoms with Crippen LogP contribution in [0.15, 0.2) is 42.7 Å². The van der Waals surface area contributed by atoms with Crippen LogP contribution in [0.2, 0.25) is 5.02 Å². The molecule has 0 atom stereocenters. The highest BCUT2D eigenvalue weighted by Gasteiger charge is 2.01. The van der Waals surface area contributed by atoms with E-state index in [1.54, 1.807) is 30.6 Å². The molecule has 0 aliphatic heterocycles. The number of hydrogen-bond donors (Lipinski definition) is 1. The number of aromatic nitrogens is 1. The van der Waals surface area contributed by atoms with E-state index in [-0.39, 0.29) is 0 Å². The topological polar surface area (TPSA) is 48.1 Å². The number of ether oxygens (including phenoxy) is 1. The fourth-order valence-corrected chi connectivity index (χ4v) is 1.89. The predicted octanol–water partition coefficient (Wildman–Crippen LogP) is 3.33. The van der Waals surface area contributed by atoms with E-state index in [9.17, 15) is 0 Å². The van der Waals surface area contributed by atoms with Gasteiger partial charge in [-0.2, -0.15) is 0 Å². The van der Waals surface area contributed by atoms with E-state index in [4.69, 9.17) is 22.1 Å². The van der Waals surface area contributed by atoms with Gasteiger partial charge in [-0.3, -0.25) is 4.98 Å². The van der Waals surface area contributed by atoms with E-state index >= 15 is 0 Å². The monoisotopic (exact) mass is 262 g/mol. The molecule has 0 bridgehead atoms. The summed E-state index contributed by atoms with van der Waals surface area (Å²) in [5.41, 5.74) is 7.52. The number of nitrogens with zero attached hydrogens (tertiary/aromatic N) is 1. The van der Waals surface area contributed by atoms with Crippen molar-refractivity contribution in [1.29, 1.82) is 0 Å². The van der Waals surface area contributed by atoms with E-state index in [0.29, 0.717) is 23.1 Å². The zero-order valence-corrected chi connectivity index (χ0v) is 10.7. The molecule has 1 aromatic carbocycles. The van der Waals surface area contributed by atoms with Crippen molar-refractivity contribution in [3.63, 3.8) is 0 Å². The Labute approximate surface area is 112 Å². The summed E-state index contributed by atoms with van der Waals surface area (Å²) < 4.78 is 5.61. The lowest BCUT2D eigenvalue weighted by molar-refractivity contribution is 0.311. The van der Waals surface area contributed by atoms with E-state index < -0.39 is 0 Å². The predicted molar refractivity (Wildman–Crippen MR) is 73.9 cm³/mol. The highest BCUT2D eigenvalue weighted by atomic mass is 35.5. The summed E-state index contributed by atoms with van der Waals surface area (Å²) in [4.78, 5) is 3.98. The molecule has 0 saturated heterocycles. The SMILES string of the molecule is Nc1ccc(OCCCc2ccncc2)c(Cl)c1. The van der Waals surface area contributed by atoms with E-state index in [1.165, 1.54) is 5.56 Å². The second-order valence-electron chi connectivity index (χ2n) is 4.00. The van der Waals surface area contributed by atoms with Gasteiger partial charge >= 0.3 is 0 Å². The van der Waals surface area contributed by atoms with Crippen molar-refractivity contribution in [3.8, 4) is 5.75 Å². The molecule has 4 heteroatoms. The average molecular weight is 263 g/mol. The van der Waals surface area contributed by atoms with Crippen molar-refractivity contribution in [3.05, 3.63) is 53.3 Å². The minimum atomic E-state index is 0.555. The van der Waals surface area contributed by atoms with Gasteiger partial charge in [-0.25, -0.2) is 0 Å². The first-order valence-corrected chi connectivity index (χ1v) is 6.20. The van der Waals surface area contributed by atoms with Gasteiger partial charge in [-0.15, -0.1) is 0 Å². The maximum absolute atomic E-state index is 6.01. The first-order chi connectivity index (χ1) is 8.75. The first-order valence-electron chi connectivity index (χ1n) is 5.82. The normalized spacial score (nSPS) is 10.3. The van der Waals surface area contributed by atoms with E-state index in [0.717, 1.165) is 12.8 Å². The van der Waals surface area contributed by atoms with E-state index in [1.807, 2.05) is 12.1 Å². The first kappa shape index (κ1) is 12.7. The molecule has 18 heavy (non-hydrogen) atoms. The molecular weight excluding hydrogens is 248 g/mol. The van der Waals surface area contributed by atoms with Crippen LogP contribution in [-0.4, -0.2) is 11.6 Å². The Balaban J connectivity index is 1.79. The third kappa shape index (κ3) is 3.64. The third-order valence-corrected chi connectivity index (χ3v) is 2.87. The van der Waals surface area contributed by atoms with Crippen LogP contribution in [-0.2, 0) is 6.42 Å². The summed E-state index contributed by atoms with van der Waals surface area (Å²) in [6, 6.07) is 9.29. The number of rotatable bonds is 5. The van der Waals surface area contributed by atoms with Gasteiger partial charge in [0.1, 0.15) is 5.75 Å². The molecule has 0 aliphatic rings. The van der Waals surface area contributed by atoms with E-state index in [2.05, 4.69) is 4.98 Å². The Bertz CT molecular complexity index is 502. The number of benzene rings is 1. The van der Waals surface area contributed by atoms with Crippen LogP contribution in [0, 0.1) is 0 Å². The van der Waals surface area contributed by atoms with Crippen LogP contribution >= 0.6 is 11.6 Å². The van der Waals surface area contributed by atoms with Crippen LogP contribution in [0.3, 0.4) is 0 Å². The maximum Gasteiger partial charge on any atom is 0.138 e. The lowest BCUT2D eigenvalue weighted by Gasteiger charge is -2.08. The van der Waals surface area contributed by atoms with Crippen LogP contribution < -0.4 is 10.5 Å². The zero-order valence-electron chi connectivity index (χ0n) is 9.97. The summed E-state index contributed by atoms with van der Waals surface area (Å²) in [5.74, 6) is 0.681. The van der Waals surface area contributed by atoms with Crippen LogP contribution in [0.25, 0.3) is 0 Å². The van der Waals surface area contributed by atoms with Gasteiger partial charge in [0.15, 0.2) is 0 Å². The highest BCUT2D eigenvalue weighted by Crippen LogP contribution is 2.26. The van der Waals surface area contributed by atoms with Gasteiger partial charge < -0.3 is 10.5 Å². The van der Waals surface area contributed by atoms with Gasteiger partial charge in [0.05, 0.1) is 11.6 Å². The highest BCUT2D eigenvalue weighted by molar-refractivity contribution is 6.32. The molecule has 0 unspecified atom stereocenters. The lowest BCUT2D eigenvalue weighted by Crippen LogP contribution is -2.00. The Hall–Kier alpha value is -1.74. The maximum atomic E-state index is 6.01. The van der Waals surface area contributed by atoms with Crippen molar-refractivity contribution in [2.45, 2.75) is 12.8 Å². The summed E-state index contributed by atoms with van der Waals surface area (Å²) in [6.07, 6.45) is 5.50.